The molecular weight excluding hydrogens is 388 g/mol. The van der Waals surface area contributed by atoms with Crippen LogP contribution in [0, 0.1) is 11.3 Å². The molecule has 2 aromatic rings. The van der Waals surface area contributed by atoms with Gasteiger partial charge in [0.1, 0.15) is 12.2 Å². The first-order valence-corrected chi connectivity index (χ1v) is 11.6. The zero-order chi connectivity index (χ0) is 20.3. The molecule has 0 aliphatic heterocycles. The molecule has 1 aromatic heterocycles. The van der Waals surface area contributed by atoms with Crippen molar-refractivity contribution in [2.45, 2.75) is 68.4 Å². The molecule has 1 saturated carbocycles. The summed E-state index contributed by atoms with van der Waals surface area (Å²) in [6.07, 6.45) is 9.88. The van der Waals surface area contributed by atoms with Crippen LogP contribution in [-0.4, -0.2) is 30.5 Å². The fraction of sp³-hybridized carbons (Fsp3) is 0.476. The lowest BCUT2D eigenvalue weighted by Gasteiger charge is -2.29. The van der Waals surface area contributed by atoms with E-state index in [2.05, 4.69) is 14.7 Å². The lowest BCUT2D eigenvalue weighted by atomic mass is 9.92. The highest BCUT2D eigenvalue weighted by Gasteiger charge is 2.28. The van der Waals surface area contributed by atoms with Crippen LogP contribution in [0.5, 0.6) is 5.88 Å². The number of hydrogen-bond acceptors (Lipinski definition) is 6. The summed E-state index contributed by atoms with van der Waals surface area (Å²) in [5.41, 5.74) is 2.60. The zero-order valence-electron chi connectivity index (χ0n) is 16.2. The van der Waals surface area contributed by atoms with Gasteiger partial charge in [-0.15, -0.1) is 0 Å². The van der Waals surface area contributed by atoms with Gasteiger partial charge >= 0.3 is 0 Å². The van der Waals surface area contributed by atoms with Crippen LogP contribution in [-0.2, 0) is 22.9 Å². The second-order valence-corrected chi connectivity index (χ2v) is 9.39. The predicted octanol–water partition coefficient (Wildman–Crippen LogP) is 2.90. The van der Waals surface area contributed by atoms with Crippen LogP contribution < -0.4 is 9.46 Å². The molecule has 1 N–H and O–H groups in total. The Morgan fingerprint density at radius 3 is 2.52 bits per heavy atom. The number of nitrogens with one attached hydrogen (secondary N) is 1. The summed E-state index contributed by atoms with van der Waals surface area (Å²) in [5.74, 6) is 0.244. The normalized spacial score (nSPS) is 21.8. The fourth-order valence-electron chi connectivity index (χ4n) is 4.11. The van der Waals surface area contributed by atoms with Crippen LogP contribution in [0.4, 0.5) is 0 Å². The highest BCUT2D eigenvalue weighted by Crippen LogP contribution is 2.27. The molecule has 0 atom stereocenters. The Morgan fingerprint density at radius 2 is 1.76 bits per heavy atom. The summed E-state index contributed by atoms with van der Waals surface area (Å²) < 4.78 is 34.4. The first kappa shape index (κ1) is 19.8. The first-order valence-electron chi connectivity index (χ1n) is 10.1. The van der Waals surface area contributed by atoms with Crippen molar-refractivity contribution in [3.05, 3.63) is 47.4 Å². The van der Waals surface area contributed by atoms with E-state index >= 15 is 0 Å². The number of nitrogens with zero attached hydrogens (tertiary/aromatic N) is 3. The number of ether oxygens (including phenoxy) is 1. The Labute approximate surface area is 171 Å². The monoisotopic (exact) mass is 412 g/mol. The van der Waals surface area contributed by atoms with Gasteiger partial charge in [0.25, 0.3) is 5.88 Å². The summed E-state index contributed by atoms with van der Waals surface area (Å²) in [6.45, 7) is 0. The van der Waals surface area contributed by atoms with Crippen LogP contribution in [0.3, 0.4) is 0 Å². The van der Waals surface area contributed by atoms with E-state index in [-0.39, 0.29) is 23.7 Å². The lowest BCUT2D eigenvalue weighted by Crippen LogP contribution is -2.39. The summed E-state index contributed by atoms with van der Waals surface area (Å²) in [7, 11) is -3.54. The van der Waals surface area contributed by atoms with Gasteiger partial charge < -0.3 is 4.74 Å². The van der Waals surface area contributed by atoms with Gasteiger partial charge in [-0.2, -0.15) is 5.26 Å². The van der Waals surface area contributed by atoms with Crippen molar-refractivity contribution >= 4 is 10.0 Å². The number of sulfonamides is 1. The minimum Gasteiger partial charge on any atom is -0.472 e. The van der Waals surface area contributed by atoms with Crippen molar-refractivity contribution in [3.63, 3.8) is 0 Å². The molecule has 1 heterocycles. The number of aromatic nitrogens is 2. The molecule has 0 bridgehead atoms. The maximum absolute atomic E-state index is 12.8. The molecule has 2 aliphatic carbocycles. The van der Waals surface area contributed by atoms with Crippen LogP contribution >= 0.6 is 0 Å². The van der Waals surface area contributed by atoms with E-state index in [4.69, 9.17) is 10.00 Å². The average Bonchev–Trinajstić information content (AvgIpc) is 2.75. The Hall–Kier alpha value is -2.50. The molecule has 0 unspecified atom stereocenters. The van der Waals surface area contributed by atoms with Gasteiger partial charge in [-0.05, 0) is 74.6 Å². The molecule has 0 saturated heterocycles. The Morgan fingerprint density at radius 1 is 1.03 bits per heavy atom. The molecule has 29 heavy (non-hydrogen) atoms. The highest BCUT2D eigenvalue weighted by atomic mass is 32.2. The summed E-state index contributed by atoms with van der Waals surface area (Å²) in [5, 5.41) is 9.09. The number of aryl methyl sites for hydroxylation is 2. The van der Waals surface area contributed by atoms with E-state index in [1.807, 2.05) is 18.2 Å². The molecule has 0 spiro atoms. The molecule has 1 aromatic carbocycles. The minimum absolute atomic E-state index is 0.0942. The molecule has 0 amide bonds. The number of benzene rings is 1. The van der Waals surface area contributed by atoms with Gasteiger partial charge in [0.05, 0.1) is 4.90 Å². The number of hydrogen-bond donors (Lipinski definition) is 1. The first-order chi connectivity index (χ1) is 14.0. The van der Waals surface area contributed by atoms with Crippen molar-refractivity contribution in [1.82, 2.24) is 14.7 Å². The second-order valence-electron chi connectivity index (χ2n) is 7.67. The van der Waals surface area contributed by atoms with E-state index in [0.29, 0.717) is 30.6 Å². The van der Waals surface area contributed by atoms with Crippen molar-refractivity contribution in [2.75, 3.05) is 0 Å². The largest absolute Gasteiger partial charge is 0.472 e. The summed E-state index contributed by atoms with van der Waals surface area (Å²) >= 11 is 0. The van der Waals surface area contributed by atoms with Gasteiger partial charge in [-0.1, -0.05) is 6.07 Å². The van der Waals surface area contributed by atoms with Crippen LogP contribution in [0.2, 0.25) is 0 Å². The average molecular weight is 413 g/mol. The maximum atomic E-state index is 12.8. The number of rotatable bonds is 5. The Bertz CT molecular complexity index is 1020. The standard InChI is InChI=1S/C21H24N4O3S/c22-14-20-21(24-12-11-23-20)28-18-8-6-17(7-9-18)25-29(26,27)19-10-5-15-3-1-2-4-16(15)13-19/h5,10-13,17-18,25H,1-4,6-9H2. The molecule has 8 heteroatoms. The summed E-state index contributed by atoms with van der Waals surface area (Å²) in [6, 6.07) is 7.37. The predicted molar refractivity (Wildman–Crippen MR) is 107 cm³/mol. The number of fused-ring (bicyclic) bond motifs is 1. The van der Waals surface area contributed by atoms with Crippen LogP contribution in [0.1, 0.15) is 55.3 Å². The second kappa shape index (κ2) is 8.47. The van der Waals surface area contributed by atoms with E-state index in [0.717, 1.165) is 24.8 Å². The van der Waals surface area contributed by atoms with Gasteiger partial charge in [0, 0.05) is 18.4 Å². The summed E-state index contributed by atoms with van der Waals surface area (Å²) in [4.78, 5) is 8.38. The third-order valence-electron chi connectivity index (χ3n) is 5.68. The zero-order valence-corrected chi connectivity index (χ0v) is 17.0. The van der Waals surface area contributed by atoms with Gasteiger partial charge in [-0.25, -0.2) is 23.1 Å². The molecule has 7 nitrogen and oxygen atoms in total. The van der Waals surface area contributed by atoms with E-state index in [9.17, 15) is 8.42 Å². The Balaban J connectivity index is 1.36. The lowest BCUT2D eigenvalue weighted by molar-refractivity contribution is 0.137. The molecule has 152 valence electrons. The molecular formula is C21H24N4O3S. The SMILES string of the molecule is N#Cc1nccnc1OC1CCC(NS(=O)(=O)c2ccc3c(c2)CCCC3)CC1. The molecule has 4 rings (SSSR count). The third-order valence-corrected chi connectivity index (χ3v) is 7.19. The maximum Gasteiger partial charge on any atom is 0.251 e. The van der Waals surface area contributed by atoms with Gasteiger partial charge in [-0.3, -0.25) is 0 Å². The minimum atomic E-state index is -3.54. The van der Waals surface area contributed by atoms with Crippen LogP contribution in [0.15, 0.2) is 35.5 Å². The molecule has 1 fully saturated rings. The van der Waals surface area contributed by atoms with Crippen molar-refractivity contribution < 1.29 is 13.2 Å². The molecule has 0 radical (unpaired) electrons. The van der Waals surface area contributed by atoms with Crippen LogP contribution in [0.25, 0.3) is 0 Å². The third kappa shape index (κ3) is 4.57. The fourth-order valence-corrected chi connectivity index (χ4v) is 5.46. The van der Waals surface area contributed by atoms with Gasteiger partial charge in [0.15, 0.2) is 0 Å². The van der Waals surface area contributed by atoms with Gasteiger partial charge in [0.2, 0.25) is 15.7 Å². The smallest absolute Gasteiger partial charge is 0.251 e. The quantitative estimate of drug-likeness (QED) is 0.810. The molecule has 2 aliphatic rings. The topological polar surface area (TPSA) is 105 Å². The number of nitriles is 1. The van der Waals surface area contributed by atoms with Crippen molar-refractivity contribution in [3.8, 4) is 11.9 Å². The van der Waals surface area contributed by atoms with E-state index < -0.39 is 10.0 Å². The highest BCUT2D eigenvalue weighted by molar-refractivity contribution is 7.89. The van der Waals surface area contributed by atoms with E-state index in [1.54, 1.807) is 6.07 Å². The Kier molecular flexibility index (Phi) is 5.79. The van der Waals surface area contributed by atoms with Crippen molar-refractivity contribution in [1.29, 1.82) is 5.26 Å². The van der Waals surface area contributed by atoms with Crippen molar-refractivity contribution in [2.24, 2.45) is 0 Å². The van der Waals surface area contributed by atoms with E-state index in [1.165, 1.54) is 24.4 Å².